The quantitative estimate of drug-likeness (QED) is 0.769. The summed E-state index contributed by atoms with van der Waals surface area (Å²) >= 11 is 0. The minimum atomic E-state index is -0.222. The van der Waals surface area contributed by atoms with E-state index < -0.39 is 0 Å². The largest absolute Gasteiger partial charge is 0.367 e. The third-order valence-electron chi connectivity index (χ3n) is 3.45. The predicted molar refractivity (Wildman–Crippen MR) is 75.8 cm³/mol. The van der Waals surface area contributed by atoms with Crippen LogP contribution in [0.4, 0.5) is 5.69 Å². The Kier molecular flexibility index (Phi) is 4.11. The molecule has 2 aromatic rings. The van der Waals surface area contributed by atoms with E-state index in [1.54, 1.807) is 35.9 Å². The van der Waals surface area contributed by atoms with E-state index in [2.05, 4.69) is 25.9 Å². The maximum Gasteiger partial charge on any atom is 0.238 e. The van der Waals surface area contributed by atoms with Crippen molar-refractivity contribution in [1.29, 1.82) is 0 Å². The SMILES string of the molecule is Cn1cc(NC(=O)CN2CCOC(c3nnnn3C)C2)cn1. The number of ether oxygens (including phenoxy) is 1. The minimum absolute atomic E-state index is 0.0789. The van der Waals surface area contributed by atoms with Crippen LogP contribution in [-0.2, 0) is 23.6 Å². The summed E-state index contributed by atoms with van der Waals surface area (Å²) in [5.74, 6) is 0.585. The molecule has 1 fully saturated rings. The van der Waals surface area contributed by atoms with Gasteiger partial charge >= 0.3 is 0 Å². The van der Waals surface area contributed by atoms with Crippen molar-refractivity contribution < 1.29 is 9.53 Å². The number of anilines is 1. The zero-order chi connectivity index (χ0) is 15.5. The molecule has 3 rings (SSSR count). The first-order valence-electron chi connectivity index (χ1n) is 6.96. The average molecular weight is 306 g/mol. The number of rotatable bonds is 4. The van der Waals surface area contributed by atoms with Crippen LogP contribution in [0.25, 0.3) is 0 Å². The first-order valence-corrected chi connectivity index (χ1v) is 6.96. The van der Waals surface area contributed by atoms with Crippen molar-refractivity contribution in [3.05, 3.63) is 18.2 Å². The van der Waals surface area contributed by atoms with E-state index >= 15 is 0 Å². The Bertz CT molecular complexity index is 651. The highest BCUT2D eigenvalue weighted by Gasteiger charge is 2.27. The molecule has 22 heavy (non-hydrogen) atoms. The van der Waals surface area contributed by atoms with Crippen LogP contribution in [0.5, 0.6) is 0 Å². The molecule has 1 saturated heterocycles. The Labute approximate surface area is 127 Å². The van der Waals surface area contributed by atoms with Gasteiger partial charge in [-0.2, -0.15) is 5.10 Å². The van der Waals surface area contributed by atoms with Gasteiger partial charge in [-0.15, -0.1) is 5.10 Å². The summed E-state index contributed by atoms with van der Waals surface area (Å²) in [6.07, 6.45) is 3.15. The molecule has 0 aromatic carbocycles. The smallest absolute Gasteiger partial charge is 0.238 e. The van der Waals surface area contributed by atoms with Crippen LogP contribution in [0, 0.1) is 0 Å². The normalized spacial score (nSPS) is 19.3. The summed E-state index contributed by atoms with van der Waals surface area (Å²) in [5.41, 5.74) is 0.690. The first kappa shape index (κ1) is 14.6. The van der Waals surface area contributed by atoms with Gasteiger partial charge in [0, 0.05) is 33.4 Å². The first-order chi connectivity index (χ1) is 10.6. The van der Waals surface area contributed by atoms with Crippen LogP contribution in [-0.4, -0.2) is 67.0 Å². The van der Waals surface area contributed by atoms with Crippen molar-refractivity contribution in [3.63, 3.8) is 0 Å². The van der Waals surface area contributed by atoms with Crippen molar-refractivity contribution in [2.45, 2.75) is 6.10 Å². The van der Waals surface area contributed by atoms with Gasteiger partial charge in [0.1, 0.15) is 6.10 Å². The zero-order valence-corrected chi connectivity index (χ0v) is 12.5. The van der Waals surface area contributed by atoms with Gasteiger partial charge in [0.2, 0.25) is 5.91 Å². The van der Waals surface area contributed by atoms with E-state index in [-0.39, 0.29) is 12.0 Å². The van der Waals surface area contributed by atoms with Crippen molar-refractivity contribution in [3.8, 4) is 0 Å². The maximum absolute atomic E-state index is 12.1. The molecule has 0 spiro atoms. The van der Waals surface area contributed by atoms with Crippen LogP contribution >= 0.6 is 0 Å². The van der Waals surface area contributed by atoms with E-state index in [9.17, 15) is 4.79 Å². The average Bonchev–Trinajstić information content (AvgIpc) is 3.07. The van der Waals surface area contributed by atoms with Gasteiger partial charge in [-0.3, -0.25) is 14.4 Å². The lowest BCUT2D eigenvalue weighted by Crippen LogP contribution is -2.43. The van der Waals surface area contributed by atoms with Crippen LogP contribution in [0.3, 0.4) is 0 Å². The van der Waals surface area contributed by atoms with Gasteiger partial charge in [0.05, 0.1) is 25.0 Å². The molecule has 1 amide bonds. The summed E-state index contributed by atoms with van der Waals surface area (Å²) < 4.78 is 8.91. The Morgan fingerprint density at radius 2 is 2.36 bits per heavy atom. The van der Waals surface area contributed by atoms with Gasteiger partial charge in [0.25, 0.3) is 0 Å². The van der Waals surface area contributed by atoms with Gasteiger partial charge in [-0.1, -0.05) is 0 Å². The summed E-state index contributed by atoms with van der Waals surface area (Å²) in [4.78, 5) is 14.1. The third kappa shape index (κ3) is 3.28. The number of tetrazole rings is 1. The molecule has 10 nitrogen and oxygen atoms in total. The number of aromatic nitrogens is 6. The fourth-order valence-electron chi connectivity index (χ4n) is 2.40. The number of hydrogen-bond acceptors (Lipinski definition) is 7. The van der Waals surface area contributed by atoms with E-state index in [1.165, 1.54) is 0 Å². The van der Waals surface area contributed by atoms with E-state index in [1.807, 2.05) is 4.90 Å². The molecule has 0 bridgehead atoms. The van der Waals surface area contributed by atoms with Crippen molar-refractivity contribution in [2.75, 3.05) is 31.6 Å². The maximum atomic E-state index is 12.1. The van der Waals surface area contributed by atoms with Gasteiger partial charge < -0.3 is 10.1 Å². The number of nitrogens with zero attached hydrogens (tertiary/aromatic N) is 7. The summed E-state index contributed by atoms with van der Waals surface area (Å²) in [6.45, 7) is 2.11. The molecule has 1 N–H and O–H groups in total. The lowest BCUT2D eigenvalue weighted by molar-refractivity contribution is -0.119. The van der Waals surface area contributed by atoms with E-state index in [0.29, 0.717) is 37.8 Å². The summed E-state index contributed by atoms with van der Waals surface area (Å²) in [6, 6.07) is 0. The fourth-order valence-corrected chi connectivity index (χ4v) is 2.40. The molecule has 10 heteroatoms. The summed E-state index contributed by atoms with van der Waals surface area (Å²) in [7, 11) is 3.57. The Balaban J connectivity index is 1.56. The molecule has 2 aromatic heterocycles. The summed E-state index contributed by atoms with van der Waals surface area (Å²) in [5, 5.41) is 18.2. The van der Waals surface area contributed by atoms with Crippen molar-refractivity contribution in [2.24, 2.45) is 14.1 Å². The van der Waals surface area contributed by atoms with E-state index in [0.717, 1.165) is 0 Å². The molecule has 1 unspecified atom stereocenters. The molecule has 0 radical (unpaired) electrons. The molecule has 118 valence electrons. The van der Waals surface area contributed by atoms with Gasteiger partial charge in [-0.25, -0.2) is 4.68 Å². The number of hydrogen-bond donors (Lipinski definition) is 1. The second-order valence-electron chi connectivity index (χ2n) is 5.21. The number of carbonyl (C=O) groups is 1. The van der Waals surface area contributed by atoms with Crippen LogP contribution in [0.1, 0.15) is 11.9 Å². The van der Waals surface area contributed by atoms with Gasteiger partial charge in [0.15, 0.2) is 5.82 Å². The Morgan fingerprint density at radius 1 is 1.50 bits per heavy atom. The van der Waals surface area contributed by atoms with Crippen LogP contribution in [0.15, 0.2) is 12.4 Å². The predicted octanol–water partition coefficient (Wildman–Crippen LogP) is -1.04. The number of morpholine rings is 1. The van der Waals surface area contributed by atoms with Crippen LogP contribution in [0.2, 0.25) is 0 Å². The van der Waals surface area contributed by atoms with Crippen molar-refractivity contribution in [1.82, 2.24) is 34.9 Å². The molecule has 1 aliphatic heterocycles. The molecular formula is C12H18N8O2. The standard InChI is InChI=1S/C12H18N8O2/c1-18-6-9(5-13-18)14-11(21)8-20-3-4-22-10(7-20)12-15-16-17-19(12)2/h5-6,10H,3-4,7-8H2,1-2H3,(H,14,21). The molecule has 3 heterocycles. The number of amides is 1. The zero-order valence-electron chi connectivity index (χ0n) is 12.5. The number of carbonyl (C=O) groups excluding carboxylic acids is 1. The topological polar surface area (TPSA) is 103 Å². The number of nitrogens with one attached hydrogen (secondary N) is 1. The second-order valence-corrected chi connectivity index (χ2v) is 5.21. The molecule has 1 atom stereocenters. The highest BCUT2D eigenvalue weighted by atomic mass is 16.5. The van der Waals surface area contributed by atoms with E-state index in [4.69, 9.17) is 4.74 Å². The van der Waals surface area contributed by atoms with Crippen molar-refractivity contribution >= 4 is 11.6 Å². The fraction of sp³-hybridized carbons (Fsp3) is 0.583. The molecule has 0 saturated carbocycles. The lowest BCUT2D eigenvalue weighted by atomic mass is 10.2. The Hall–Kier alpha value is -2.33. The third-order valence-corrected chi connectivity index (χ3v) is 3.45. The molecular weight excluding hydrogens is 288 g/mol. The minimum Gasteiger partial charge on any atom is -0.367 e. The van der Waals surface area contributed by atoms with Crippen LogP contribution < -0.4 is 5.32 Å². The lowest BCUT2D eigenvalue weighted by Gasteiger charge is -2.31. The second kappa shape index (κ2) is 6.20. The van der Waals surface area contributed by atoms with Gasteiger partial charge in [-0.05, 0) is 10.4 Å². The monoisotopic (exact) mass is 306 g/mol. The molecule has 1 aliphatic rings. The highest BCUT2D eigenvalue weighted by molar-refractivity contribution is 5.91. The highest BCUT2D eigenvalue weighted by Crippen LogP contribution is 2.19. The molecule has 0 aliphatic carbocycles. The number of aryl methyl sites for hydroxylation is 2. The Morgan fingerprint density at radius 3 is 3.05 bits per heavy atom.